The summed E-state index contributed by atoms with van der Waals surface area (Å²) in [5.74, 6) is 0.0328. The van der Waals surface area contributed by atoms with Crippen molar-refractivity contribution in [2.24, 2.45) is 11.8 Å². The highest BCUT2D eigenvalue weighted by atomic mass is 19.4. The van der Waals surface area contributed by atoms with Gasteiger partial charge in [-0.05, 0) is 30.4 Å². The molecule has 3 heterocycles. The summed E-state index contributed by atoms with van der Waals surface area (Å²) >= 11 is 0. The van der Waals surface area contributed by atoms with E-state index < -0.39 is 23.5 Å². The number of methoxy groups -OCH3 is 1. The van der Waals surface area contributed by atoms with Gasteiger partial charge in [0.1, 0.15) is 5.69 Å². The highest BCUT2D eigenvalue weighted by Crippen LogP contribution is 2.35. The maximum atomic E-state index is 13.5. The first-order valence-corrected chi connectivity index (χ1v) is 8.14. The molecular weight excluding hydrogens is 335 g/mol. The van der Waals surface area contributed by atoms with Gasteiger partial charge in [0.25, 0.3) is 5.91 Å². The van der Waals surface area contributed by atoms with E-state index in [1.54, 1.807) is 0 Å². The number of rotatable bonds is 2. The second kappa shape index (κ2) is 6.24. The Kier molecular flexibility index (Phi) is 4.38. The molecule has 2 atom stereocenters. The van der Waals surface area contributed by atoms with Crippen LogP contribution in [-0.4, -0.2) is 40.4 Å². The Morgan fingerprint density at radius 1 is 1.28 bits per heavy atom. The Balaban J connectivity index is 2.15. The number of hydrogen-bond donors (Lipinski definition) is 0. The van der Waals surface area contributed by atoms with Crippen LogP contribution in [0.5, 0.6) is 5.75 Å². The highest BCUT2D eigenvalue weighted by Gasteiger charge is 2.42. The Morgan fingerprint density at radius 2 is 1.92 bits per heavy atom. The number of ether oxygens (including phenoxy) is 1. The van der Waals surface area contributed by atoms with Crippen LogP contribution in [0.15, 0.2) is 18.3 Å². The number of piperidine rings is 1. The average Bonchev–Trinajstić information content (AvgIpc) is 2.92. The third kappa shape index (κ3) is 3.17. The van der Waals surface area contributed by atoms with Gasteiger partial charge in [0.15, 0.2) is 17.1 Å². The highest BCUT2D eigenvalue weighted by molar-refractivity contribution is 5.95. The number of carbonyl (C=O) groups is 1. The first kappa shape index (κ1) is 17.6. The lowest BCUT2D eigenvalue weighted by Gasteiger charge is -2.35. The van der Waals surface area contributed by atoms with E-state index >= 15 is 0 Å². The first-order valence-electron chi connectivity index (χ1n) is 8.14. The van der Waals surface area contributed by atoms with Crippen molar-refractivity contribution in [3.05, 3.63) is 29.7 Å². The maximum absolute atomic E-state index is 13.5. The van der Waals surface area contributed by atoms with Gasteiger partial charge in [0.05, 0.1) is 7.11 Å². The number of carbonyl (C=O) groups excluding carboxylic acids is 1. The molecule has 0 aliphatic carbocycles. The van der Waals surface area contributed by atoms with Crippen molar-refractivity contribution in [3.8, 4) is 5.75 Å². The molecule has 0 aromatic carbocycles. The zero-order chi connectivity index (χ0) is 18.4. The topological polar surface area (TPSA) is 46.8 Å². The van der Waals surface area contributed by atoms with Gasteiger partial charge in [-0.1, -0.05) is 13.8 Å². The minimum absolute atomic E-state index is 0.0150. The molecule has 1 fully saturated rings. The van der Waals surface area contributed by atoms with Crippen LogP contribution in [0, 0.1) is 11.8 Å². The van der Waals surface area contributed by atoms with Crippen molar-refractivity contribution >= 4 is 11.6 Å². The van der Waals surface area contributed by atoms with Crippen molar-refractivity contribution in [2.45, 2.75) is 26.4 Å². The molecule has 2 aromatic rings. The molecule has 2 unspecified atom stereocenters. The smallest absolute Gasteiger partial charge is 0.435 e. The van der Waals surface area contributed by atoms with Gasteiger partial charge in [-0.2, -0.15) is 13.2 Å². The lowest BCUT2D eigenvalue weighted by molar-refractivity contribution is -0.141. The number of likely N-dealkylation sites (tertiary alicyclic amines) is 1. The number of hydrogen-bond acceptors (Lipinski definition) is 3. The maximum Gasteiger partial charge on any atom is 0.435 e. The van der Waals surface area contributed by atoms with E-state index in [-0.39, 0.29) is 23.2 Å². The minimum atomic E-state index is -4.73. The molecule has 1 saturated heterocycles. The number of fused-ring (bicyclic) bond motifs is 1. The number of nitrogens with zero attached hydrogens (tertiary/aromatic N) is 3. The monoisotopic (exact) mass is 355 g/mol. The van der Waals surface area contributed by atoms with Gasteiger partial charge in [-0.15, -0.1) is 0 Å². The fourth-order valence-electron chi connectivity index (χ4n) is 3.58. The van der Waals surface area contributed by atoms with Crippen LogP contribution in [0.2, 0.25) is 0 Å². The van der Waals surface area contributed by atoms with Gasteiger partial charge < -0.3 is 9.64 Å². The zero-order valence-electron chi connectivity index (χ0n) is 14.3. The number of amides is 1. The molecule has 2 aromatic heterocycles. The number of halogens is 3. The Bertz CT molecular complexity index is 790. The van der Waals surface area contributed by atoms with Crippen LogP contribution in [0.4, 0.5) is 13.2 Å². The fourth-order valence-corrected chi connectivity index (χ4v) is 3.58. The van der Waals surface area contributed by atoms with E-state index in [4.69, 9.17) is 4.74 Å². The van der Waals surface area contributed by atoms with Crippen LogP contribution in [-0.2, 0) is 6.18 Å². The summed E-state index contributed by atoms with van der Waals surface area (Å²) in [6.45, 7) is 4.88. The summed E-state index contributed by atoms with van der Waals surface area (Å²) < 4.78 is 46.8. The number of aromatic nitrogens is 2. The van der Waals surface area contributed by atoms with Gasteiger partial charge >= 0.3 is 6.18 Å². The van der Waals surface area contributed by atoms with Crippen molar-refractivity contribution in [1.82, 2.24) is 14.3 Å². The lowest BCUT2D eigenvalue weighted by Crippen LogP contribution is -2.43. The molecule has 0 spiro atoms. The van der Waals surface area contributed by atoms with E-state index in [0.29, 0.717) is 13.1 Å². The van der Waals surface area contributed by atoms with E-state index in [0.717, 1.165) is 6.42 Å². The molecule has 1 amide bonds. The summed E-state index contributed by atoms with van der Waals surface area (Å²) in [7, 11) is 1.35. The number of alkyl halides is 3. The first-order chi connectivity index (χ1) is 11.7. The molecule has 0 saturated carbocycles. The SMILES string of the molecule is COc1cccn2c(C(=O)N3CC(C)CC(C)C3)c(C(F)(F)F)nc12. The molecule has 136 valence electrons. The summed E-state index contributed by atoms with van der Waals surface area (Å²) in [5.41, 5.74) is -1.64. The number of imidazole rings is 1. The van der Waals surface area contributed by atoms with Crippen molar-refractivity contribution in [1.29, 1.82) is 0 Å². The minimum Gasteiger partial charge on any atom is -0.493 e. The summed E-state index contributed by atoms with van der Waals surface area (Å²) in [6.07, 6.45) is -2.37. The Morgan fingerprint density at radius 3 is 2.48 bits per heavy atom. The molecule has 3 rings (SSSR count). The normalized spacial score (nSPS) is 21.6. The molecule has 0 bridgehead atoms. The van der Waals surface area contributed by atoms with Gasteiger partial charge in [0, 0.05) is 19.3 Å². The van der Waals surface area contributed by atoms with E-state index in [1.807, 2.05) is 13.8 Å². The van der Waals surface area contributed by atoms with E-state index in [2.05, 4.69) is 4.98 Å². The summed E-state index contributed by atoms with van der Waals surface area (Å²) in [4.78, 5) is 18.1. The standard InChI is InChI=1S/C17H20F3N3O2/c1-10-7-11(2)9-22(8-10)16(24)13-14(17(18,19)20)21-15-12(25-3)5-4-6-23(13)15/h4-6,10-11H,7-9H2,1-3H3. The molecular formula is C17H20F3N3O2. The lowest BCUT2D eigenvalue weighted by atomic mass is 9.91. The second-order valence-electron chi connectivity index (χ2n) is 6.73. The summed E-state index contributed by atoms with van der Waals surface area (Å²) in [6, 6.07) is 3.05. The molecule has 1 aliphatic heterocycles. The molecule has 0 N–H and O–H groups in total. The second-order valence-corrected chi connectivity index (χ2v) is 6.73. The zero-order valence-corrected chi connectivity index (χ0v) is 14.3. The van der Waals surface area contributed by atoms with E-state index in [9.17, 15) is 18.0 Å². The fraction of sp³-hybridized carbons (Fsp3) is 0.529. The van der Waals surface area contributed by atoms with Crippen molar-refractivity contribution < 1.29 is 22.7 Å². The van der Waals surface area contributed by atoms with Crippen molar-refractivity contribution in [3.63, 3.8) is 0 Å². The largest absolute Gasteiger partial charge is 0.493 e. The third-order valence-electron chi connectivity index (χ3n) is 4.46. The molecule has 1 aliphatic rings. The third-order valence-corrected chi connectivity index (χ3v) is 4.46. The van der Waals surface area contributed by atoms with Gasteiger partial charge in [-0.3, -0.25) is 9.20 Å². The molecule has 5 nitrogen and oxygen atoms in total. The van der Waals surface area contributed by atoms with Gasteiger partial charge in [0.2, 0.25) is 0 Å². The molecule has 0 radical (unpaired) electrons. The summed E-state index contributed by atoms with van der Waals surface area (Å²) in [5, 5.41) is 0. The Hall–Kier alpha value is -2.25. The van der Waals surface area contributed by atoms with Crippen LogP contribution in [0.1, 0.15) is 36.5 Å². The van der Waals surface area contributed by atoms with Crippen LogP contribution >= 0.6 is 0 Å². The molecule has 25 heavy (non-hydrogen) atoms. The molecule has 8 heteroatoms. The van der Waals surface area contributed by atoms with Gasteiger partial charge in [-0.25, -0.2) is 4.98 Å². The van der Waals surface area contributed by atoms with Crippen LogP contribution in [0.3, 0.4) is 0 Å². The van der Waals surface area contributed by atoms with Crippen LogP contribution in [0.25, 0.3) is 5.65 Å². The predicted molar refractivity (Wildman–Crippen MR) is 85.6 cm³/mol. The number of pyridine rings is 1. The Labute approximate surface area is 143 Å². The van der Waals surface area contributed by atoms with E-state index in [1.165, 1.54) is 34.7 Å². The van der Waals surface area contributed by atoms with Crippen molar-refractivity contribution in [2.75, 3.05) is 20.2 Å². The quantitative estimate of drug-likeness (QED) is 0.829. The average molecular weight is 355 g/mol. The predicted octanol–water partition coefficient (Wildman–Crippen LogP) is 3.48. The van der Waals surface area contributed by atoms with Crippen LogP contribution < -0.4 is 4.74 Å².